The normalized spacial score (nSPS) is 8.71. The third kappa shape index (κ3) is 1.04. The number of benzene rings is 1. The van der Waals surface area contributed by atoms with Gasteiger partial charge in [0.1, 0.15) is 0 Å². The molecule has 0 aliphatic heterocycles. The van der Waals surface area contributed by atoms with E-state index in [0.717, 1.165) is 0 Å². The maximum absolute atomic E-state index is 6.94. The molecule has 0 N–H and O–H groups in total. The third-order valence-corrected chi connectivity index (χ3v) is 0.709. The molecule has 1 aromatic carbocycles. The highest BCUT2D eigenvalue weighted by Gasteiger charge is 1.74. The molecule has 0 spiro atoms. The molecule has 0 amide bonds. The minimum atomic E-state index is 0.447. The molecule has 7 heavy (non-hydrogen) atoms. The minimum Gasteiger partial charge on any atom is -0.0619 e. The van der Waals surface area contributed by atoms with Gasteiger partial charge in [0.2, 0.25) is 0 Å². The molecule has 0 bridgehead atoms. The van der Waals surface area contributed by atoms with Gasteiger partial charge in [-0.25, -0.2) is 0 Å². The number of hydrogen-bond acceptors (Lipinski definition) is 0. The van der Waals surface area contributed by atoms with Crippen molar-refractivity contribution in [1.82, 2.24) is 0 Å². The first kappa shape index (κ1) is 4.38. The van der Waals surface area contributed by atoms with E-state index in [9.17, 15) is 0 Å². The maximum Gasteiger partial charge on any atom is 0.0306 e. The SMILES string of the molecule is [C]c1[c]cccc1. The molecular formula is C7H4. The van der Waals surface area contributed by atoms with Crippen LogP contribution in [0.1, 0.15) is 5.56 Å². The Morgan fingerprint density at radius 2 is 2.29 bits per heavy atom. The Balaban J connectivity index is 3.02. The summed E-state index contributed by atoms with van der Waals surface area (Å²) >= 11 is 0. The van der Waals surface area contributed by atoms with Crippen molar-refractivity contribution in [2.75, 3.05) is 0 Å². The van der Waals surface area contributed by atoms with Crippen LogP contribution in [0.5, 0.6) is 0 Å². The maximum atomic E-state index is 6.94. The van der Waals surface area contributed by atoms with Gasteiger partial charge in [0, 0.05) is 6.92 Å². The summed E-state index contributed by atoms with van der Waals surface area (Å²) in [5.74, 6) is 0. The molecule has 1 aromatic rings. The lowest BCUT2D eigenvalue weighted by atomic mass is 10.2. The van der Waals surface area contributed by atoms with Crippen molar-refractivity contribution < 1.29 is 0 Å². The summed E-state index contributed by atoms with van der Waals surface area (Å²) in [4.78, 5) is 0. The fraction of sp³-hybridized carbons (Fsp3) is 0. The molecule has 0 aliphatic rings. The van der Waals surface area contributed by atoms with E-state index in [4.69, 9.17) is 6.92 Å². The van der Waals surface area contributed by atoms with Crippen LogP contribution < -0.4 is 0 Å². The molecule has 0 atom stereocenters. The summed E-state index contributed by atoms with van der Waals surface area (Å²) in [5, 5.41) is 0. The second-order valence-electron chi connectivity index (χ2n) is 1.28. The smallest absolute Gasteiger partial charge is 0.0306 e. The van der Waals surface area contributed by atoms with Crippen molar-refractivity contribution >= 4 is 0 Å². The van der Waals surface area contributed by atoms with Gasteiger partial charge in [-0.1, -0.05) is 24.3 Å². The van der Waals surface area contributed by atoms with Gasteiger partial charge < -0.3 is 0 Å². The Labute approximate surface area is 43.8 Å². The van der Waals surface area contributed by atoms with E-state index in [1.807, 2.05) is 12.1 Å². The topological polar surface area (TPSA) is 0 Å². The fourth-order valence-electron chi connectivity index (χ4n) is 0.393. The minimum absolute atomic E-state index is 0.447. The van der Waals surface area contributed by atoms with Crippen molar-refractivity contribution in [3.05, 3.63) is 42.8 Å². The van der Waals surface area contributed by atoms with Crippen LogP contribution in [0.15, 0.2) is 24.3 Å². The summed E-state index contributed by atoms with van der Waals surface area (Å²) in [6.07, 6.45) is 0. The van der Waals surface area contributed by atoms with Gasteiger partial charge in [-0.15, -0.1) is 0 Å². The lowest BCUT2D eigenvalue weighted by Crippen LogP contribution is -1.64. The Morgan fingerprint density at radius 3 is 2.57 bits per heavy atom. The van der Waals surface area contributed by atoms with Gasteiger partial charge in [0.15, 0.2) is 0 Å². The zero-order chi connectivity index (χ0) is 5.11. The highest BCUT2D eigenvalue weighted by atomic mass is 13.8. The monoisotopic (exact) mass is 88.0 g/mol. The van der Waals surface area contributed by atoms with Gasteiger partial charge in [-0.3, -0.25) is 0 Å². The second-order valence-corrected chi connectivity index (χ2v) is 1.28. The van der Waals surface area contributed by atoms with Crippen molar-refractivity contribution in [3.63, 3.8) is 0 Å². The molecule has 1 rings (SSSR count). The summed E-state index contributed by atoms with van der Waals surface area (Å²) in [5.41, 5.74) is 0.447. The molecular weight excluding hydrogens is 84.1 g/mol. The van der Waals surface area contributed by atoms with Crippen LogP contribution in [0, 0.1) is 13.0 Å². The van der Waals surface area contributed by atoms with E-state index in [1.165, 1.54) is 0 Å². The lowest BCUT2D eigenvalue weighted by Gasteiger charge is -1.80. The van der Waals surface area contributed by atoms with E-state index in [2.05, 4.69) is 6.07 Å². The average Bonchev–Trinajstić information content (AvgIpc) is 1.69. The van der Waals surface area contributed by atoms with Crippen molar-refractivity contribution in [1.29, 1.82) is 0 Å². The van der Waals surface area contributed by atoms with E-state index < -0.39 is 0 Å². The quantitative estimate of drug-likeness (QED) is 0.450. The largest absolute Gasteiger partial charge is 0.0619 e. The van der Waals surface area contributed by atoms with Gasteiger partial charge in [-0.2, -0.15) is 0 Å². The van der Waals surface area contributed by atoms with Crippen molar-refractivity contribution in [2.24, 2.45) is 0 Å². The summed E-state index contributed by atoms with van der Waals surface area (Å²) < 4.78 is 0. The van der Waals surface area contributed by atoms with Crippen LogP contribution in [-0.4, -0.2) is 0 Å². The van der Waals surface area contributed by atoms with Crippen LogP contribution in [0.2, 0.25) is 0 Å². The number of hydrogen-bond donors (Lipinski definition) is 0. The van der Waals surface area contributed by atoms with Crippen LogP contribution in [0.3, 0.4) is 0 Å². The van der Waals surface area contributed by atoms with E-state index >= 15 is 0 Å². The first-order valence-corrected chi connectivity index (χ1v) is 2.08. The van der Waals surface area contributed by atoms with E-state index in [1.54, 1.807) is 12.1 Å². The fourth-order valence-corrected chi connectivity index (χ4v) is 0.393. The molecule has 4 radical (unpaired) electrons. The summed E-state index contributed by atoms with van der Waals surface area (Å²) in [6.45, 7) is 6.94. The second kappa shape index (κ2) is 1.78. The first-order chi connectivity index (χ1) is 3.39. The molecule has 0 heteroatoms. The van der Waals surface area contributed by atoms with Gasteiger partial charge in [0.05, 0.1) is 0 Å². The highest BCUT2D eigenvalue weighted by Crippen LogP contribution is 1.90. The van der Waals surface area contributed by atoms with Crippen LogP contribution in [0.4, 0.5) is 0 Å². The molecule has 32 valence electrons. The molecule has 0 aromatic heterocycles. The predicted molar refractivity (Wildman–Crippen MR) is 27.6 cm³/mol. The number of rotatable bonds is 0. The molecule has 0 aliphatic carbocycles. The van der Waals surface area contributed by atoms with Gasteiger partial charge in [-0.05, 0) is 11.6 Å². The van der Waals surface area contributed by atoms with Gasteiger partial charge in [0.25, 0.3) is 0 Å². The summed E-state index contributed by atoms with van der Waals surface area (Å²) in [6, 6.07) is 9.78. The molecule has 0 nitrogen and oxygen atoms in total. The van der Waals surface area contributed by atoms with Crippen LogP contribution >= 0.6 is 0 Å². The van der Waals surface area contributed by atoms with E-state index in [0.29, 0.717) is 5.56 Å². The van der Waals surface area contributed by atoms with Crippen LogP contribution in [-0.2, 0) is 0 Å². The highest BCUT2D eigenvalue weighted by molar-refractivity contribution is 5.14. The standard InChI is InChI=1S/C7H4/c1-7-5-3-2-4-6-7/h2-5H. The zero-order valence-corrected chi connectivity index (χ0v) is 3.81. The average molecular weight is 88.1 g/mol. The van der Waals surface area contributed by atoms with E-state index in [-0.39, 0.29) is 0 Å². The molecule has 0 unspecified atom stereocenters. The Bertz CT molecular complexity index is 130. The summed E-state index contributed by atoms with van der Waals surface area (Å²) in [7, 11) is 0. The zero-order valence-electron chi connectivity index (χ0n) is 3.81. The molecule has 0 heterocycles. The predicted octanol–water partition coefficient (Wildman–Crippen LogP) is 1.42. The van der Waals surface area contributed by atoms with Crippen molar-refractivity contribution in [3.8, 4) is 0 Å². The Morgan fingerprint density at radius 1 is 1.43 bits per heavy atom. The van der Waals surface area contributed by atoms with Crippen molar-refractivity contribution in [2.45, 2.75) is 0 Å². The Hall–Kier alpha value is -0.780. The van der Waals surface area contributed by atoms with Gasteiger partial charge >= 0.3 is 0 Å². The Kier molecular flexibility index (Phi) is 1.12. The molecule has 0 saturated heterocycles. The third-order valence-electron chi connectivity index (χ3n) is 0.709. The molecule has 0 fully saturated rings. The van der Waals surface area contributed by atoms with Crippen LogP contribution in [0.25, 0.3) is 0 Å². The first-order valence-electron chi connectivity index (χ1n) is 2.08. The molecule has 0 saturated carbocycles. The lowest BCUT2D eigenvalue weighted by molar-refractivity contribution is 1.60.